The fraction of sp³-hybridized carbons (Fsp3) is 0.440. The monoisotopic (exact) mass is 390 g/mol. The largest absolute Gasteiger partial charge is 0.326 e. The van der Waals surface area contributed by atoms with Gasteiger partial charge < -0.3 is 5.32 Å². The van der Waals surface area contributed by atoms with Crippen molar-refractivity contribution in [2.24, 2.45) is 0 Å². The van der Waals surface area contributed by atoms with Gasteiger partial charge in [0.05, 0.1) is 0 Å². The molecule has 1 saturated heterocycles. The van der Waals surface area contributed by atoms with Crippen molar-refractivity contribution in [1.29, 1.82) is 0 Å². The van der Waals surface area contributed by atoms with E-state index < -0.39 is 0 Å². The van der Waals surface area contributed by atoms with Crippen LogP contribution in [0.4, 0.5) is 5.69 Å². The fourth-order valence-corrected chi connectivity index (χ4v) is 4.39. The number of Topliss-reactive ketones (excluding diaryl/α,β-unsaturated/α-hetero) is 1. The maximum atomic E-state index is 12.5. The third-order valence-corrected chi connectivity index (χ3v) is 6.09. The lowest BCUT2D eigenvalue weighted by molar-refractivity contribution is -0.116. The predicted octanol–water partition coefficient (Wildman–Crippen LogP) is 4.76. The lowest BCUT2D eigenvalue weighted by Crippen LogP contribution is -2.18. The summed E-state index contributed by atoms with van der Waals surface area (Å²) in [5.74, 6) is -0.0573. The third-order valence-electron chi connectivity index (χ3n) is 6.09. The lowest BCUT2D eigenvalue weighted by Gasteiger charge is -2.16. The molecule has 1 amide bonds. The van der Waals surface area contributed by atoms with E-state index in [1.165, 1.54) is 55.5 Å². The molecule has 0 spiro atoms. The minimum absolute atomic E-state index is 0.0504. The van der Waals surface area contributed by atoms with E-state index >= 15 is 0 Å². The van der Waals surface area contributed by atoms with Crippen LogP contribution in [0.3, 0.4) is 0 Å². The van der Waals surface area contributed by atoms with Crippen molar-refractivity contribution in [2.45, 2.75) is 57.9 Å². The van der Waals surface area contributed by atoms with Crippen LogP contribution in [0.1, 0.15) is 65.6 Å². The Morgan fingerprint density at radius 3 is 2.31 bits per heavy atom. The summed E-state index contributed by atoms with van der Waals surface area (Å²) in [5, 5.41) is 2.91. The van der Waals surface area contributed by atoms with Gasteiger partial charge in [-0.15, -0.1) is 0 Å². The number of anilines is 1. The van der Waals surface area contributed by atoms with Crippen LogP contribution in [-0.2, 0) is 24.2 Å². The highest BCUT2D eigenvalue weighted by Gasteiger charge is 2.15. The number of nitrogens with zero attached hydrogens (tertiary/aromatic N) is 1. The minimum atomic E-state index is -0.108. The van der Waals surface area contributed by atoms with Gasteiger partial charge in [-0.2, -0.15) is 0 Å². The summed E-state index contributed by atoms with van der Waals surface area (Å²) in [4.78, 5) is 27.2. The van der Waals surface area contributed by atoms with E-state index in [-0.39, 0.29) is 24.5 Å². The summed E-state index contributed by atoms with van der Waals surface area (Å²) in [5.41, 5.74) is 5.48. The summed E-state index contributed by atoms with van der Waals surface area (Å²) in [6.45, 7) is 3.33. The predicted molar refractivity (Wildman–Crippen MR) is 116 cm³/mol. The summed E-state index contributed by atoms with van der Waals surface area (Å²) in [6.07, 6.45) is 7.65. The molecule has 2 aromatic rings. The van der Waals surface area contributed by atoms with Gasteiger partial charge in [0.25, 0.3) is 0 Å². The normalized spacial score (nSPS) is 16.4. The van der Waals surface area contributed by atoms with Crippen LogP contribution in [0.15, 0.2) is 42.5 Å². The molecule has 152 valence electrons. The second-order valence-electron chi connectivity index (χ2n) is 8.34. The molecule has 1 aliphatic carbocycles. The molecule has 4 nitrogen and oxygen atoms in total. The highest BCUT2D eigenvalue weighted by atomic mass is 16.2. The molecular formula is C25H30N2O2. The Hall–Kier alpha value is -2.46. The molecular weight excluding hydrogens is 360 g/mol. The van der Waals surface area contributed by atoms with Crippen LogP contribution in [0, 0.1) is 0 Å². The molecule has 1 N–H and O–H groups in total. The quantitative estimate of drug-likeness (QED) is 0.693. The summed E-state index contributed by atoms with van der Waals surface area (Å²) >= 11 is 0. The molecule has 29 heavy (non-hydrogen) atoms. The van der Waals surface area contributed by atoms with Gasteiger partial charge in [-0.1, -0.05) is 24.3 Å². The van der Waals surface area contributed by atoms with Gasteiger partial charge in [0.2, 0.25) is 5.91 Å². The highest BCUT2D eigenvalue weighted by molar-refractivity contribution is 6.00. The number of fused-ring (bicyclic) bond motifs is 1. The molecule has 1 fully saturated rings. The first-order valence-corrected chi connectivity index (χ1v) is 10.9. The average Bonchev–Trinajstić information content (AvgIpc) is 3.26. The molecule has 0 saturated carbocycles. The lowest BCUT2D eigenvalue weighted by atomic mass is 9.89. The Labute approximate surface area is 173 Å². The maximum Gasteiger partial charge on any atom is 0.224 e. The molecule has 4 heteroatoms. The van der Waals surface area contributed by atoms with Crippen molar-refractivity contribution in [3.05, 3.63) is 64.7 Å². The van der Waals surface area contributed by atoms with Crippen LogP contribution >= 0.6 is 0 Å². The zero-order chi connectivity index (χ0) is 20.1. The minimum Gasteiger partial charge on any atom is -0.326 e. The van der Waals surface area contributed by atoms with Crippen LogP contribution < -0.4 is 5.32 Å². The summed E-state index contributed by atoms with van der Waals surface area (Å²) < 4.78 is 0. The number of aryl methyl sites for hydroxylation is 2. The van der Waals surface area contributed by atoms with Gasteiger partial charge in [-0.05, 0) is 86.5 Å². The summed E-state index contributed by atoms with van der Waals surface area (Å²) in [6, 6.07) is 14.1. The van der Waals surface area contributed by atoms with E-state index in [0.717, 1.165) is 30.6 Å². The van der Waals surface area contributed by atoms with Crippen LogP contribution in [0.5, 0.6) is 0 Å². The van der Waals surface area contributed by atoms with Crippen molar-refractivity contribution in [1.82, 2.24) is 4.90 Å². The third kappa shape index (κ3) is 5.33. The number of hydrogen-bond acceptors (Lipinski definition) is 3. The van der Waals surface area contributed by atoms with Gasteiger partial charge in [-0.3, -0.25) is 14.5 Å². The van der Waals surface area contributed by atoms with Crippen molar-refractivity contribution in [3.63, 3.8) is 0 Å². The Balaban J connectivity index is 1.25. The molecule has 2 aromatic carbocycles. The topological polar surface area (TPSA) is 49.4 Å². The number of hydrogen-bond donors (Lipinski definition) is 1. The molecule has 0 radical (unpaired) electrons. The van der Waals surface area contributed by atoms with Crippen LogP contribution in [0.2, 0.25) is 0 Å². The number of amides is 1. The van der Waals surface area contributed by atoms with E-state index in [4.69, 9.17) is 0 Å². The first-order chi connectivity index (χ1) is 14.2. The van der Waals surface area contributed by atoms with Crippen LogP contribution in [-0.4, -0.2) is 29.7 Å². The van der Waals surface area contributed by atoms with Gasteiger partial charge in [0.1, 0.15) is 0 Å². The van der Waals surface area contributed by atoms with Crippen molar-refractivity contribution >= 4 is 17.4 Å². The number of ketones is 1. The van der Waals surface area contributed by atoms with Crippen LogP contribution in [0.25, 0.3) is 0 Å². The van der Waals surface area contributed by atoms with E-state index in [9.17, 15) is 9.59 Å². The zero-order valence-corrected chi connectivity index (χ0v) is 17.1. The summed E-state index contributed by atoms with van der Waals surface area (Å²) in [7, 11) is 0. The Bertz CT molecular complexity index is 867. The van der Waals surface area contributed by atoms with Crippen molar-refractivity contribution in [2.75, 3.05) is 18.4 Å². The molecule has 0 atom stereocenters. The van der Waals surface area contributed by atoms with Gasteiger partial charge in [-0.25, -0.2) is 0 Å². The van der Waals surface area contributed by atoms with E-state index in [2.05, 4.69) is 28.4 Å². The first kappa shape index (κ1) is 19.8. The van der Waals surface area contributed by atoms with Gasteiger partial charge in [0.15, 0.2) is 5.78 Å². The van der Waals surface area contributed by atoms with Crippen molar-refractivity contribution < 1.29 is 9.59 Å². The number of benzene rings is 2. The SMILES string of the molecule is O=C(CCC(=O)c1ccc2c(c1)CCCC2)Nc1ccc(CN2CCCC2)cc1. The Kier molecular flexibility index (Phi) is 6.40. The zero-order valence-electron chi connectivity index (χ0n) is 17.1. The number of carbonyl (C=O) groups excluding carboxylic acids is 2. The van der Waals surface area contributed by atoms with Gasteiger partial charge >= 0.3 is 0 Å². The van der Waals surface area contributed by atoms with Gasteiger partial charge in [0, 0.05) is 30.6 Å². The Morgan fingerprint density at radius 2 is 1.55 bits per heavy atom. The highest BCUT2D eigenvalue weighted by Crippen LogP contribution is 2.23. The van der Waals surface area contributed by atoms with E-state index in [0.29, 0.717) is 0 Å². The average molecular weight is 391 g/mol. The Morgan fingerprint density at radius 1 is 0.828 bits per heavy atom. The molecule has 0 unspecified atom stereocenters. The number of nitrogens with one attached hydrogen (secondary N) is 1. The molecule has 1 aliphatic heterocycles. The number of rotatable bonds is 7. The molecule has 1 heterocycles. The number of carbonyl (C=O) groups is 2. The van der Waals surface area contributed by atoms with E-state index in [1.807, 2.05) is 24.3 Å². The van der Waals surface area contributed by atoms with Crippen molar-refractivity contribution in [3.8, 4) is 0 Å². The maximum absolute atomic E-state index is 12.5. The number of likely N-dealkylation sites (tertiary alicyclic amines) is 1. The molecule has 4 rings (SSSR count). The second kappa shape index (κ2) is 9.36. The first-order valence-electron chi connectivity index (χ1n) is 10.9. The molecule has 0 aromatic heterocycles. The molecule has 0 bridgehead atoms. The van der Waals surface area contributed by atoms with E-state index in [1.54, 1.807) is 0 Å². The molecule has 2 aliphatic rings. The smallest absolute Gasteiger partial charge is 0.224 e. The standard InChI is InChI=1S/C25H30N2O2/c28-24(22-10-9-20-5-1-2-6-21(20)17-22)13-14-25(29)26-23-11-7-19(8-12-23)18-27-15-3-4-16-27/h7-12,17H,1-6,13-16,18H2,(H,26,29). The second-order valence-corrected chi connectivity index (χ2v) is 8.34. The fourth-order valence-electron chi connectivity index (χ4n) is 4.39.